The van der Waals surface area contributed by atoms with Gasteiger partial charge in [0.15, 0.2) is 16.9 Å². The van der Waals surface area contributed by atoms with Crippen LogP contribution in [0.2, 0.25) is 5.02 Å². The lowest BCUT2D eigenvalue weighted by atomic mass is 9.72. The normalized spacial score (nSPS) is 19.7. The first kappa shape index (κ1) is 18.5. The molecule has 0 N–H and O–H groups in total. The van der Waals surface area contributed by atoms with Gasteiger partial charge < -0.3 is 4.74 Å². The first-order valence-electron chi connectivity index (χ1n) is 7.45. The van der Waals surface area contributed by atoms with Crippen molar-refractivity contribution in [1.82, 2.24) is 0 Å². The molecule has 0 bridgehead atoms. The number of nitrogens with zero attached hydrogens (tertiary/aromatic N) is 3. The van der Waals surface area contributed by atoms with E-state index in [9.17, 15) is 20.2 Å². The Labute approximate surface area is 151 Å². The van der Waals surface area contributed by atoms with Crippen LogP contribution in [0.5, 0.6) is 0 Å². The van der Waals surface area contributed by atoms with Crippen LogP contribution in [0.1, 0.15) is 33.3 Å². The van der Waals surface area contributed by atoms with Crippen molar-refractivity contribution in [2.75, 3.05) is 0 Å². The lowest BCUT2D eigenvalue weighted by Crippen LogP contribution is -2.31. The van der Waals surface area contributed by atoms with Crippen LogP contribution in [0.15, 0.2) is 40.7 Å². The van der Waals surface area contributed by atoms with E-state index >= 15 is 0 Å². The molecule has 2 rings (SSSR count). The molecule has 1 atom stereocenters. The summed E-state index contributed by atoms with van der Waals surface area (Å²) in [5.41, 5.74) is -0.679. The highest BCUT2D eigenvalue weighted by Crippen LogP contribution is 2.53. The van der Waals surface area contributed by atoms with Crippen LogP contribution in [0, 0.1) is 45.2 Å². The summed E-state index contributed by atoms with van der Waals surface area (Å²) in [6.07, 6.45) is 0. The molecular formula is C19H15ClFN3O. The second kappa shape index (κ2) is 6.25. The molecule has 0 aromatic heterocycles. The van der Waals surface area contributed by atoms with Gasteiger partial charge in [0.05, 0.1) is 5.02 Å². The van der Waals surface area contributed by atoms with E-state index < -0.39 is 16.8 Å². The Morgan fingerprint density at radius 2 is 1.80 bits per heavy atom. The maximum absolute atomic E-state index is 13.6. The van der Waals surface area contributed by atoms with Gasteiger partial charge >= 0.3 is 0 Å². The summed E-state index contributed by atoms with van der Waals surface area (Å²) in [5, 5.41) is 28.0. The van der Waals surface area contributed by atoms with E-state index in [1.807, 2.05) is 20.8 Å². The fourth-order valence-electron chi connectivity index (χ4n) is 3.15. The molecule has 0 saturated carbocycles. The van der Waals surface area contributed by atoms with Crippen molar-refractivity contribution in [1.29, 1.82) is 15.8 Å². The van der Waals surface area contributed by atoms with Crippen molar-refractivity contribution in [2.45, 2.75) is 33.3 Å². The molecule has 4 nitrogen and oxygen atoms in total. The first-order chi connectivity index (χ1) is 11.6. The molecule has 1 unspecified atom stereocenters. The van der Waals surface area contributed by atoms with Crippen molar-refractivity contribution in [2.24, 2.45) is 5.41 Å². The predicted octanol–water partition coefficient (Wildman–Crippen LogP) is 4.89. The smallest absolute Gasteiger partial charge is 0.172 e. The maximum atomic E-state index is 13.6. The largest absolute Gasteiger partial charge is 0.475 e. The summed E-state index contributed by atoms with van der Waals surface area (Å²) < 4.78 is 19.5. The third-order valence-corrected chi connectivity index (χ3v) is 4.33. The monoisotopic (exact) mass is 355 g/mol. The fourth-order valence-corrected chi connectivity index (χ4v) is 3.33. The van der Waals surface area contributed by atoms with Crippen molar-refractivity contribution in [3.8, 4) is 18.2 Å². The van der Waals surface area contributed by atoms with Gasteiger partial charge in [-0.2, -0.15) is 15.8 Å². The van der Waals surface area contributed by atoms with Gasteiger partial charge in [0.2, 0.25) is 0 Å². The highest BCUT2D eigenvalue weighted by Gasteiger charge is 2.49. The zero-order valence-corrected chi connectivity index (χ0v) is 15.0. The van der Waals surface area contributed by atoms with Crippen LogP contribution in [-0.4, -0.2) is 0 Å². The van der Waals surface area contributed by atoms with E-state index in [4.69, 9.17) is 16.3 Å². The van der Waals surface area contributed by atoms with Crippen LogP contribution in [0.4, 0.5) is 4.39 Å². The zero-order valence-electron chi connectivity index (χ0n) is 14.2. The molecule has 1 aliphatic heterocycles. The second-order valence-electron chi connectivity index (χ2n) is 6.80. The van der Waals surface area contributed by atoms with Gasteiger partial charge in [-0.3, -0.25) is 0 Å². The summed E-state index contributed by atoms with van der Waals surface area (Å²) in [7, 11) is 0. The number of halogens is 2. The van der Waals surface area contributed by atoms with E-state index in [2.05, 4.69) is 6.07 Å². The molecule has 1 aliphatic rings. The number of ether oxygens (including phenoxy) is 1. The molecule has 0 aliphatic carbocycles. The van der Waals surface area contributed by atoms with Gasteiger partial charge in [-0.1, -0.05) is 38.4 Å². The zero-order chi connectivity index (χ0) is 19.0. The number of benzene rings is 1. The van der Waals surface area contributed by atoms with Gasteiger partial charge in [0, 0.05) is 11.1 Å². The number of hydrogen-bond acceptors (Lipinski definition) is 4. The van der Waals surface area contributed by atoms with Crippen LogP contribution in [0.25, 0.3) is 0 Å². The molecule has 1 aromatic carbocycles. The number of hydrogen-bond donors (Lipinski definition) is 0. The molecule has 6 heteroatoms. The van der Waals surface area contributed by atoms with Gasteiger partial charge in [0.1, 0.15) is 29.6 Å². The SMILES string of the molecule is CC(C)(C)C1=C(C#N)C(=C(C#N)C#N)OC1(C)c1ccc(F)c(Cl)c1. The topological polar surface area (TPSA) is 80.6 Å². The second-order valence-corrected chi connectivity index (χ2v) is 7.21. The summed E-state index contributed by atoms with van der Waals surface area (Å²) in [6.45, 7) is 7.41. The third-order valence-electron chi connectivity index (χ3n) is 4.04. The molecule has 0 fully saturated rings. The summed E-state index contributed by atoms with van der Waals surface area (Å²) >= 11 is 5.91. The molecule has 0 spiro atoms. The van der Waals surface area contributed by atoms with Crippen molar-refractivity contribution >= 4 is 11.6 Å². The number of allylic oxidation sites excluding steroid dienone is 2. The maximum Gasteiger partial charge on any atom is 0.172 e. The van der Waals surface area contributed by atoms with Crippen LogP contribution in [-0.2, 0) is 10.3 Å². The Kier molecular flexibility index (Phi) is 4.63. The molecule has 1 aromatic rings. The highest BCUT2D eigenvalue weighted by atomic mass is 35.5. The molecule has 1 heterocycles. The van der Waals surface area contributed by atoms with Crippen molar-refractivity contribution in [3.05, 3.63) is 57.1 Å². The molecule has 0 amide bonds. The minimum atomic E-state index is -1.16. The van der Waals surface area contributed by atoms with E-state index in [0.717, 1.165) is 0 Å². The minimum Gasteiger partial charge on any atom is -0.475 e. The summed E-state index contributed by atoms with van der Waals surface area (Å²) in [6, 6.07) is 9.75. The Morgan fingerprint density at radius 1 is 1.20 bits per heavy atom. The molecular weight excluding hydrogens is 341 g/mol. The molecule has 126 valence electrons. The fraction of sp³-hybridized carbons (Fsp3) is 0.316. The van der Waals surface area contributed by atoms with E-state index in [-0.39, 0.29) is 21.9 Å². The Bertz CT molecular complexity index is 919. The minimum absolute atomic E-state index is 0.0552. The van der Waals surface area contributed by atoms with Crippen molar-refractivity contribution in [3.63, 3.8) is 0 Å². The predicted molar refractivity (Wildman–Crippen MR) is 90.2 cm³/mol. The van der Waals surface area contributed by atoms with E-state index in [0.29, 0.717) is 11.1 Å². The Balaban J connectivity index is 2.88. The summed E-state index contributed by atoms with van der Waals surface area (Å²) in [5.74, 6) is -0.625. The average Bonchev–Trinajstić information content (AvgIpc) is 2.85. The number of rotatable bonds is 1. The van der Waals surface area contributed by atoms with Gasteiger partial charge in [-0.15, -0.1) is 0 Å². The first-order valence-corrected chi connectivity index (χ1v) is 7.82. The van der Waals surface area contributed by atoms with Gasteiger partial charge in [0.25, 0.3) is 0 Å². The highest BCUT2D eigenvalue weighted by molar-refractivity contribution is 6.30. The average molecular weight is 356 g/mol. The van der Waals surface area contributed by atoms with Crippen LogP contribution >= 0.6 is 11.6 Å². The molecule has 0 saturated heterocycles. The van der Waals surface area contributed by atoms with Crippen LogP contribution in [0.3, 0.4) is 0 Å². The van der Waals surface area contributed by atoms with E-state index in [1.54, 1.807) is 19.1 Å². The third kappa shape index (κ3) is 2.98. The Morgan fingerprint density at radius 3 is 2.24 bits per heavy atom. The summed E-state index contributed by atoms with van der Waals surface area (Å²) in [4.78, 5) is 0. The standard InChI is InChI=1S/C19H15ClFN3O/c1-18(2,3)17-13(10-24)16(11(8-22)9-23)25-19(17,4)12-5-6-15(21)14(20)7-12/h5-7H,1-4H3. The quantitative estimate of drug-likeness (QED) is 0.671. The van der Waals surface area contributed by atoms with Gasteiger partial charge in [-0.25, -0.2) is 4.39 Å². The molecule has 0 radical (unpaired) electrons. The van der Waals surface area contributed by atoms with E-state index in [1.165, 1.54) is 18.2 Å². The Hall–Kier alpha value is -2.81. The van der Waals surface area contributed by atoms with Gasteiger partial charge in [-0.05, 0) is 24.5 Å². The lowest BCUT2D eigenvalue weighted by Gasteiger charge is -2.35. The van der Waals surface area contributed by atoms with Crippen molar-refractivity contribution < 1.29 is 9.13 Å². The van der Waals surface area contributed by atoms with Crippen LogP contribution < -0.4 is 0 Å². The molecule has 25 heavy (non-hydrogen) atoms. The lowest BCUT2D eigenvalue weighted by molar-refractivity contribution is 0.0585. The number of nitriles is 3.